The lowest BCUT2D eigenvalue weighted by atomic mass is 10.2. The van der Waals surface area contributed by atoms with Crippen LogP contribution in [-0.2, 0) is 6.54 Å². The fraction of sp³-hybridized carbons (Fsp3) is 0.312. The van der Waals surface area contributed by atoms with E-state index in [0.29, 0.717) is 12.5 Å². The second-order valence-electron chi connectivity index (χ2n) is 5.05. The van der Waals surface area contributed by atoms with Gasteiger partial charge in [-0.15, -0.1) is 0 Å². The molecular formula is C16H19BrN2O. The van der Waals surface area contributed by atoms with E-state index >= 15 is 0 Å². The predicted molar refractivity (Wildman–Crippen MR) is 86.0 cm³/mol. The molecule has 2 rings (SSSR count). The first kappa shape index (κ1) is 14.9. The molecule has 0 amide bonds. The van der Waals surface area contributed by atoms with E-state index in [-0.39, 0.29) is 0 Å². The fourth-order valence-corrected chi connectivity index (χ4v) is 1.90. The van der Waals surface area contributed by atoms with Crippen molar-refractivity contribution in [2.24, 2.45) is 5.92 Å². The summed E-state index contributed by atoms with van der Waals surface area (Å²) in [6, 6.07) is 12.0. The van der Waals surface area contributed by atoms with Crippen LogP contribution in [0, 0.1) is 5.92 Å². The molecule has 0 aliphatic rings. The summed E-state index contributed by atoms with van der Waals surface area (Å²) < 4.78 is 6.71. The van der Waals surface area contributed by atoms with E-state index in [1.54, 1.807) is 6.20 Å². The minimum Gasteiger partial charge on any atom is -0.493 e. The van der Waals surface area contributed by atoms with E-state index in [1.165, 1.54) is 0 Å². The van der Waals surface area contributed by atoms with Crippen molar-refractivity contribution >= 4 is 21.6 Å². The standard InChI is InChI=1S/C16H19BrN2O/c1-12(2)11-20-16-5-3-4-14(8-16)19-10-15-7-6-13(17)9-18-15/h3-9,12,19H,10-11H2,1-2H3. The Labute approximate surface area is 128 Å². The molecule has 0 aliphatic heterocycles. The Balaban J connectivity index is 1.92. The Morgan fingerprint density at radius 3 is 2.80 bits per heavy atom. The van der Waals surface area contributed by atoms with Crippen LogP contribution in [0.2, 0.25) is 0 Å². The summed E-state index contributed by atoms with van der Waals surface area (Å²) in [6.07, 6.45) is 1.80. The van der Waals surface area contributed by atoms with Gasteiger partial charge < -0.3 is 10.1 Å². The molecule has 1 aromatic carbocycles. The van der Waals surface area contributed by atoms with Gasteiger partial charge >= 0.3 is 0 Å². The molecule has 0 atom stereocenters. The van der Waals surface area contributed by atoms with Crippen molar-refractivity contribution in [1.82, 2.24) is 4.98 Å². The zero-order chi connectivity index (χ0) is 14.4. The van der Waals surface area contributed by atoms with Crippen molar-refractivity contribution in [3.05, 3.63) is 52.8 Å². The van der Waals surface area contributed by atoms with E-state index in [4.69, 9.17) is 4.74 Å². The van der Waals surface area contributed by atoms with E-state index in [9.17, 15) is 0 Å². The summed E-state index contributed by atoms with van der Waals surface area (Å²) in [5.74, 6) is 1.42. The van der Waals surface area contributed by atoms with Crippen molar-refractivity contribution < 1.29 is 4.74 Å². The number of hydrogen-bond acceptors (Lipinski definition) is 3. The highest BCUT2D eigenvalue weighted by Crippen LogP contribution is 2.18. The summed E-state index contributed by atoms with van der Waals surface area (Å²) in [7, 11) is 0. The lowest BCUT2D eigenvalue weighted by molar-refractivity contribution is 0.271. The van der Waals surface area contributed by atoms with Gasteiger partial charge in [-0.3, -0.25) is 4.98 Å². The van der Waals surface area contributed by atoms with Gasteiger partial charge in [0.05, 0.1) is 18.8 Å². The number of aromatic nitrogens is 1. The smallest absolute Gasteiger partial charge is 0.121 e. The highest BCUT2D eigenvalue weighted by atomic mass is 79.9. The number of halogens is 1. The lowest BCUT2D eigenvalue weighted by Gasteiger charge is -2.11. The SMILES string of the molecule is CC(C)COc1cccc(NCc2ccc(Br)cn2)c1. The number of benzene rings is 1. The second kappa shape index (κ2) is 7.29. The van der Waals surface area contributed by atoms with Gasteiger partial charge in [0, 0.05) is 22.4 Å². The lowest BCUT2D eigenvalue weighted by Crippen LogP contribution is -2.05. The van der Waals surface area contributed by atoms with Crippen LogP contribution in [0.1, 0.15) is 19.5 Å². The highest BCUT2D eigenvalue weighted by molar-refractivity contribution is 9.10. The predicted octanol–water partition coefficient (Wildman–Crippen LogP) is 4.49. The molecule has 0 bridgehead atoms. The molecule has 2 aromatic rings. The molecule has 0 saturated heterocycles. The van der Waals surface area contributed by atoms with E-state index in [2.05, 4.69) is 40.1 Å². The number of rotatable bonds is 6. The number of hydrogen-bond donors (Lipinski definition) is 1. The number of ether oxygens (including phenoxy) is 1. The minimum absolute atomic E-state index is 0.526. The van der Waals surface area contributed by atoms with Crippen LogP contribution in [0.5, 0.6) is 5.75 Å². The molecule has 0 spiro atoms. The Hall–Kier alpha value is -1.55. The minimum atomic E-state index is 0.526. The van der Waals surface area contributed by atoms with Gasteiger partial charge in [0.1, 0.15) is 5.75 Å². The monoisotopic (exact) mass is 334 g/mol. The summed E-state index contributed by atoms with van der Waals surface area (Å²) in [5, 5.41) is 3.35. The second-order valence-corrected chi connectivity index (χ2v) is 5.97. The van der Waals surface area contributed by atoms with Crippen molar-refractivity contribution in [3.63, 3.8) is 0 Å². The zero-order valence-electron chi connectivity index (χ0n) is 11.8. The van der Waals surface area contributed by atoms with Gasteiger partial charge in [-0.1, -0.05) is 19.9 Å². The molecule has 20 heavy (non-hydrogen) atoms. The maximum atomic E-state index is 5.71. The summed E-state index contributed by atoms with van der Waals surface area (Å²) in [4.78, 5) is 4.33. The summed E-state index contributed by atoms with van der Waals surface area (Å²) >= 11 is 3.38. The van der Waals surface area contributed by atoms with Crippen LogP contribution < -0.4 is 10.1 Å². The molecule has 0 aliphatic carbocycles. The topological polar surface area (TPSA) is 34.1 Å². The Kier molecular flexibility index (Phi) is 5.41. The van der Waals surface area contributed by atoms with Crippen LogP contribution in [0.3, 0.4) is 0 Å². The molecule has 3 nitrogen and oxygen atoms in total. The molecule has 0 unspecified atom stereocenters. The number of pyridine rings is 1. The normalized spacial score (nSPS) is 10.6. The van der Waals surface area contributed by atoms with E-state index < -0.39 is 0 Å². The van der Waals surface area contributed by atoms with Crippen LogP contribution in [0.4, 0.5) is 5.69 Å². The summed E-state index contributed by atoms with van der Waals surface area (Å²) in [6.45, 7) is 5.71. The first-order chi connectivity index (χ1) is 9.63. The fourth-order valence-electron chi connectivity index (χ4n) is 1.66. The largest absolute Gasteiger partial charge is 0.493 e. The van der Waals surface area contributed by atoms with Gasteiger partial charge in [0.2, 0.25) is 0 Å². The number of nitrogens with zero attached hydrogens (tertiary/aromatic N) is 1. The average molecular weight is 335 g/mol. The quantitative estimate of drug-likeness (QED) is 0.844. The third-order valence-electron chi connectivity index (χ3n) is 2.68. The molecule has 1 heterocycles. The van der Waals surface area contributed by atoms with E-state index in [0.717, 1.165) is 28.2 Å². The van der Waals surface area contributed by atoms with Crippen LogP contribution in [-0.4, -0.2) is 11.6 Å². The first-order valence-corrected chi connectivity index (χ1v) is 7.50. The van der Waals surface area contributed by atoms with Gasteiger partial charge in [0.15, 0.2) is 0 Å². The Bertz CT molecular complexity index is 540. The third-order valence-corrected chi connectivity index (χ3v) is 3.15. The van der Waals surface area contributed by atoms with E-state index in [1.807, 2.05) is 36.4 Å². The molecule has 0 radical (unpaired) electrons. The van der Waals surface area contributed by atoms with Crippen LogP contribution in [0.25, 0.3) is 0 Å². The molecule has 1 N–H and O–H groups in total. The maximum Gasteiger partial charge on any atom is 0.121 e. The van der Waals surface area contributed by atoms with Crippen LogP contribution in [0.15, 0.2) is 47.1 Å². The first-order valence-electron chi connectivity index (χ1n) is 6.70. The van der Waals surface area contributed by atoms with Crippen molar-refractivity contribution in [2.75, 3.05) is 11.9 Å². The Morgan fingerprint density at radius 1 is 1.25 bits per heavy atom. The molecule has 106 valence electrons. The van der Waals surface area contributed by atoms with Gasteiger partial charge in [-0.25, -0.2) is 0 Å². The molecule has 0 saturated carbocycles. The van der Waals surface area contributed by atoms with Crippen molar-refractivity contribution in [1.29, 1.82) is 0 Å². The van der Waals surface area contributed by atoms with Gasteiger partial charge in [-0.2, -0.15) is 0 Å². The molecule has 4 heteroatoms. The average Bonchev–Trinajstić information content (AvgIpc) is 2.45. The summed E-state index contributed by atoms with van der Waals surface area (Å²) in [5.41, 5.74) is 2.04. The van der Waals surface area contributed by atoms with Crippen molar-refractivity contribution in [2.45, 2.75) is 20.4 Å². The Morgan fingerprint density at radius 2 is 2.10 bits per heavy atom. The van der Waals surface area contributed by atoms with Gasteiger partial charge in [0.25, 0.3) is 0 Å². The molecule has 0 fully saturated rings. The maximum absolute atomic E-state index is 5.71. The molecular weight excluding hydrogens is 316 g/mol. The number of anilines is 1. The number of nitrogens with one attached hydrogen (secondary N) is 1. The van der Waals surface area contributed by atoms with Crippen LogP contribution >= 0.6 is 15.9 Å². The molecule has 1 aromatic heterocycles. The highest BCUT2D eigenvalue weighted by Gasteiger charge is 2.00. The third kappa shape index (κ3) is 4.85. The van der Waals surface area contributed by atoms with Gasteiger partial charge in [-0.05, 0) is 46.1 Å². The van der Waals surface area contributed by atoms with Crippen molar-refractivity contribution in [3.8, 4) is 5.75 Å². The zero-order valence-corrected chi connectivity index (χ0v) is 13.4.